The Kier molecular flexibility index (Phi) is 3.09. The summed E-state index contributed by atoms with van der Waals surface area (Å²) in [5.74, 6) is 0. The molecule has 0 aliphatic carbocycles. The fourth-order valence-corrected chi connectivity index (χ4v) is 2.77. The average Bonchev–Trinajstić information content (AvgIpc) is 2.42. The molecule has 0 saturated carbocycles. The molecule has 0 saturated heterocycles. The Morgan fingerprint density at radius 1 is 1.16 bits per heavy atom. The summed E-state index contributed by atoms with van der Waals surface area (Å²) in [5, 5.41) is 2.14. The van der Waals surface area contributed by atoms with E-state index in [2.05, 4.69) is 24.0 Å². The van der Waals surface area contributed by atoms with Gasteiger partial charge in [-0.2, -0.15) is 0 Å². The van der Waals surface area contributed by atoms with Crippen LogP contribution in [0.25, 0.3) is 10.9 Å². The second-order valence-electron chi connectivity index (χ2n) is 4.32. The van der Waals surface area contributed by atoms with Crippen LogP contribution in [0.2, 0.25) is 0 Å². The van der Waals surface area contributed by atoms with Crippen LogP contribution in [0.4, 0.5) is 5.69 Å². The Labute approximate surface area is 115 Å². The molecular formula is C15H13N3S. The van der Waals surface area contributed by atoms with Gasteiger partial charge in [-0.05, 0) is 30.7 Å². The number of aryl methyl sites for hydroxylation is 1. The zero-order valence-corrected chi connectivity index (χ0v) is 11.3. The van der Waals surface area contributed by atoms with E-state index >= 15 is 0 Å². The van der Waals surface area contributed by atoms with Crippen molar-refractivity contribution in [3.8, 4) is 0 Å². The van der Waals surface area contributed by atoms with Crippen LogP contribution in [0.15, 0.2) is 58.7 Å². The summed E-state index contributed by atoms with van der Waals surface area (Å²) in [5.41, 5.74) is 8.76. The van der Waals surface area contributed by atoms with Crippen LogP contribution in [0.5, 0.6) is 0 Å². The molecule has 0 unspecified atom stereocenters. The number of hydrogen-bond donors (Lipinski definition) is 1. The number of pyridine rings is 2. The number of benzene rings is 1. The van der Waals surface area contributed by atoms with E-state index in [0.717, 1.165) is 26.4 Å². The van der Waals surface area contributed by atoms with Gasteiger partial charge in [0.05, 0.1) is 17.4 Å². The van der Waals surface area contributed by atoms with Crippen LogP contribution in [0.3, 0.4) is 0 Å². The second-order valence-corrected chi connectivity index (χ2v) is 5.35. The minimum atomic E-state index is 0.682. The molecule has 2 N–H and O–H groups in total. The van der Waals surface area contributed by atoms with Crippen molar-refractivity contribution in [2.24, 2.45) is 0 Å². The van der Waals surface area contributed by atoms with Gasteiger partial charge in [0.25, 0.3) is 0 Å². The maximum Gasteiger partial charge on any atom is 0.104 e. The minimum absolute atomic E-state index is 0.682. The number of rotatable bonds is 2. The molecule has 1 aromatic carbocycles. The summed E-state index contributed by atoms with van der Waals surface area (Å²) >= 11 is 1.58. The summed E-state index contributed by atoms with van der Waals surface area (Å²) < 4.78 is 0. The maximum absolute atomic E-state index is 5.92. The number of nitrogens with two attached hydrogens (primary N) is 1. The summed E-state index contributed by atoms with van der Waals surface area (Å²) in [4.78, 5) is 9.69. The normalized spacial score (nSPS) is 10.8. The van der Waals surface area contributed by atoms with Crippen LogP contribution < -0.4 is 5.73 Å². The topological polar surface area (TPSA) is 51.8 Å². The van der Waals surface area contributed by atoms with Gasteiger partial charge >= 0.3 is 0 Å². The number of aromatic nitrogens is 2. The van der Waals surface area contributed by atoms with Gasteiger partial charge in [0.2, 0.25) is 0 Å². The van der Waals surface area contributed by atoms with Gasteiger partial charge in [-0.3, -0.25) is 4.98 Å². The van der Waals surface area contributed by atoms with Gasteiger partial charge in [0, 0.05) is 16.5 Å². The van der Waals surface area contributed by atoms with E-state index in [1.54, 1.807) is 24.2 Å². The highest BCUT2D eigenvalue weighted by Crippen LogP contribution is 2.33. The average molecular weight is 267 g/mol. The van der Waals surface area contributed by atoms with Crippen molar-refractivity contribution in [1.82, 2.24) is 9.97 Å². The molecule has 3 aromatic rings. The summed E-state index contributed by atoms with van der Waals surface area (Å²) in [6, 6.07) is 12.2. The first kappa shape index (κ1) is 12.0. The first-order chi connectivity index (χ1) is 9.24. The largest absolute Gasteiger partial charge is 0.397 e. The van der Waals surface area contributed by atoms with E-state index in [9.17, 15) is 0 Å². The SMILES string of the molecule is Cc1cc2ccccc2nc1Sc1ccncc1N. The quantitative estimate of drug-likeness (QED) is 0.769. The first-order valence-electron chi connectivity index (χ1n) is 5.98. The Morgan fingerprint density at radius 3 is 2.84 bits per heavy atom. The fourth-order valence-electron chi connectivity index (χ4n) is 1.90. The van der Waals surface area contributed by atoms with E-state index in [-0.39, 0.29) is 0 Å². The van der Waals surface area contributed by atoms with Crippen molar-refractivity contribution in [3.63, 3.8) is 0 Å². The van der Waals surface area contributed by atoms with Gasteiger partial charge in [0.15, 0.2) is 0 Å². The lowest BCUT2D eigenvalue weighted by Crippen LogP contribution is -1.92. The van der Waals surface area contributed by atoms with Crippen molar-refractivity contribution < 1.29 is 0 Å². The number of anilines is 1. The second kappa shape index (κ2) is 4.90. The van der Waals surface area contributed by atoms with Crippen LogP contribution >= 0.6 is 11.8 Å². The molecule has 3 rings (SSSR count). The third kappa shape index (κ3) is 2.39. The number of nitrogen functional groups attached to an aromatic ring is 1. The van der Waals surface area contributed by atoms with Crippen molar-refractivity contribution >= 4 is 28.4 Å². The van der Waals surface area contributed by atoms with Crippen LogP contribution in [-0.4, -0.2) is 9.97 Å². The van der Waals surface area contributed by atoms with Gasteiger partial charge < -0.3 is 5.73 Å². The minimum Gasteiger partial charge on any atom is -0.397 e. The van der Waals surface area contributed by atoms with E-state index in [0.29, 0.717) is 5.69 Å². The molecule has 0 spiro atoms. The number of para-hydroxylation sites is 1. The molecule has 0 aliphatic heterocycles. The Bertz CT molecular complexity index is 740. The molecule has 0 fully saturated rings. The third-order valence-corrected chi connectivity index (χ3v) is 4.08. The Hall–Kier alpha value is -2.07. The fraction of sp³-hybridized carbons (Fsp3) is 0.0667. The first-order valence-corrected chi connectivity index (χ1v) is 6.79. The summed E-state index contributed by atoms with van der Waals surface area (Å²) in [7, 11) is 0. The monoisotopic (exact) mass is 267 g/mol. The molecule has 0 aliphatic rings. The lowest BCUT2D eigenvalue weighted by atomic mass is 10.2. The van der Waals surface area contributed by atoms with Gasteiger partial charge in [-0.15, -0.1) is 0 Å². The van der Waals surface area contributed by atoms with E-state index < -0.39 is 0 Å². The summed E-state index contributed by atoms with van der Waals surface area (Å²) in [6.45, 7) is 2.07. The molecule has 3 nitrogen and oxygen atoms in total. The lowest BCUT2D eigenvalue weighted by molar-refractivity contribution is 1.12. The molecule has 2 heterocycles. The highest BCUT2D eigenvalue weighted by molar-refractivity contribution is 7.99. The zero-order chi connectivity index (χ0) is 13.2. The number of fused-ring (bicyclic) bond motifs is 1. The Morgan fingerprint density at radius 2 is 2.00 bits per heavy atom. The predicted molar refractivity (Wildman–Crippen MR) is 79.3 cm³/mol. The molecule has 94 valence electrons. The lowest BCUT2D eigenvalue weighted by Gasteiger charge is -2.08. The molecule has 0 amide bonds. The third-order valence-electron chi connectivity index (χ3n) is 2.88. The predicted octanol–water partition coefficient (Wildman–Crippen LogP) is 3.67. The molecule has 19 heavy (non-hydrogen) atoms. The number of hydrogen-bond acceptors (Lipinski definition) is 4. The molecule has 0 atom stereocenters. The highest BCUT2D eigenvalue weighted by Gasteiger charge is 2.07. The maximum atomic E-state index is 5.92. The highest BCUT2D eigenvalue weighted by atomic mass is 32.2. The summed E-state index contributed by atoms with van der Waals surface area (Å²) in [6.07, 6.45) is 3.41. The zero-order valence-electron chi connectivity index (χ0n) is 10.5. The van der Waals surface area contributed by atoms with Crippen LogP contribution in [-0.2, 0) is 0 Å². The molecule has 0 bridgehead atoms. The molecule has 2 aromatic heterocycles. The van der Waals surface area contributed by atoms with Gasteiger partial charge in [0.1, 0.15) is 5.03 Å². The van der Waals surface area contributed by atoms with Gasteiger partial charge in [-0.25, -0.2) is 4.98 Å². The number of nitrogens with zero attached hydrogens (tertiary/aromatic N) is 2. The van der Waals surface area contributed by atoms with Crippen molar-refractivity contribution in [3.05, 3.63) is 54.4 Å². The van der Waals surface area contributed by atoms with Gasteiger partial charge in [-0.1, -0.05) is 30.0 Å². The van der Waals surface area contributed by atoms with E-state index in [1.165, 1.54) is 0 Å². The standard InChI is InChI=1S/C15H13N3S/c1-10-8-11-4-2-3-5-13(11)18-15(10)19-14-6-7-17-9-12(14)16/h2-9H,16H2,1H3. The van der Waals surface area contributed by atoms with E-state index in [1.807, 2.05) is 24.3 Å². The van der Waals surface area contributed by atoms with Crippen molar-refractivity contribution in [2.45, 2.75) is 16.8 Å². The van der Waals surface area contributed by atoms with E-state index in [4.69, 9.17) is 10.7 Å². The van der Waals surface area contributed by atoms with Crippen molar-refractivity contribution in [1.29, 1.82) is 0 Å². The van der Waals surface area contributed by atoms with Crippen molar-refractivity contribution in [2.75, 3.05) is 5.73 Å². The smallest absolute Gasteiger partial charge is 0.104 e. The molecule has 4 heteroatoms. The van der Waals surface area contributed by atoms with Crippen LogP contribution in [0.1, 0.15) is 5.56 Å². The molecular weight excluding hydrogens is 254 g/mol. The Balaban J connectivity index is 2.06. The van der Waals surface area contributed by atoms with Crippen LogP contribution in [0, 0.1) is 6.92 Å². The molecule has 0 radical (unpaired) electrons.